The van der Waals surface area contributed by atoms with Crippen LogP contribution in [0, 0.1) is 3.57 Å². The van der Waals surface area contributed by atoms with Crippen molar-refractivity contribution in [3.05, 3.63) is 56.2 Å². The highest BCUT2D eigenvalue weighted by atomic mass is 127. The molecule has 0 radical (unpaired) electrons. The average Bonchev–Trinajstić information content (AvgIpc) is 2.52. The maximum atomic E-state index is 13.0. The van der Waals surface area contributed by atoms with E-state index in [0.717, 1.165) is 12.1 Å². The van der Waals surface area contributed by atoms with Crippen LogP contribution >= 0.6 is 22.6 Å². The summed E-state index contributed by atoms with van der Waals surface area (Å²) in [5, 5.41) is 18.3. The Labute approximate surface area is 160 Å². The first kappa shape index (κ1) is 21.0. The van der Waals surface area contributed by atoms with Gasteiger partial charge in [-0.05, 0) is 64.0 Å². The van der Waals surface area contributed by atoms with Gasteiger partial charge in [0.05, 0.1) is 22.3 Å². The predicted molar refractivity (Wildman–Crippen MR) is 88.5 cm³/mol. The summed E-state index contributed by atoms with van der Waals surface area (Å²) in [5.74, 6) is -3.15. The van der Waals surface area contributed by atoms with E-state index in [1.54, 1.807) is 0 Å². The first-order valence-corrected chi connectivity index (χ1v) is 7.89. The third kappa shape index (κ3) is 4.51. The zero-order chi connectivity index (χ0) is 20.7. The van der Waals surface area contributed by atoms with Crippen molar-refractivity contribution in [3.8, 4) is 11.1 Å². The van der Waals surface area contributed by atoms with Gasteiger partial charge in [-0.1, -0.05) is 0 Å². The summed E-state index contributed by atoms with van der Waals surface area (Å²) in [7, 11) is 0. The number of carboxylic acids is 2. The fourth-order valence-corrected chi connectivity index (χ4v) is 3.00. The second-order valence-corrected chi connectivity index (χ2v) is 6.37. The molecule has 0 heterocycles. The molecule has 0 saturated heterocycles. The van der Waals surface area contributed by atoms with Crippen molar-refractivity contribution in [2.24, 2.45) is 0 Å². The monoisotopic (exact) mass is 504 g/mol. The molecule has 2 N–H and O–H groups in total. The number of halogens is 7. The third-order valence-corrected chi connectivity index (χ3v) is 4.62. The second kappa shape index (κ2) is 7.02. The largest absolute Gasteiger partial charge is 0.478 e. The molecule has 2 rings (SSSR count). The Kier molecular flexibility index (Phi) is 5.46. The quantitative estimate of drug-likeness (QED) is 0.435. The minimum Gasteiger partial charge on any atom is -0.478 e. The van der Waals surface area contributed by atoms with Crippen molar-refractivity contribution in [1.82, 2.24) is 0 Å². The Morgan fingerprint density at radius 3 is 1.33 bits per heavy atom. The summed E-state index contributed by atoms with van der Waals surface area (Å²) in [6.45, 7) is 0. The van der Waals surface area contributed by atoms with E-state index in [2.05, 4.69) is 0 Å². The van der Waals surface area contributed by atoms with E-state index in [-0.39, 0.29) is 9.64 Å². The summed E-state index contributed by atoms with van der Waals surface area (Å²) in [5.41, 5.74) is -5.33. The highest BCUT2D eigenvalue weighted by Gasteiger charge is 2.37. The molecule has 2 aromatic rings. The van der Waals surface area contributed by atoms with Crippen molar-refractivity contribution in [3.63, 3.8) is 0 Å². The molecule has 27 heavy (non-hydrogen) atoms. The molecule has 0 aliphatic rings. The van der Waals surface area contributed by atoms with Crippen molar-refractivity contribution in [2.45, 2.75) is 12.4 Å². The van der Waals surface area contributed by atoms with E-state index in [1.807, 2.05) is 0 Å². The van der Waals surface area contributed by atoms with Crippen LogP contribution in [-0.4, -0.2) is 22.2 Å². The van der Waals surface area contributed by atoms with E-state index in [9.17, 15) is 35.9 Å². The molecule has 11 heteroatoms. The standard InChI is InChI=1S/C16H7F6IO4/c17-15(18,19)8-1-6(2-9(5-8)16(20,21)22)7-3-10(13(24)25)12(23)11(4-7)14(26)27/h1-5H,(H,24,25)(H,26,27). The van der Waals surface area contributed by atoms with Gasteiger partial charge in [0.1, 0.15) is 0 Å². The van der Waals surface area contributed by atoms with Gasteiger partial charge in [-0.3, -0.25) is 0 Å². The number of hydrogen-bond donors (Lipinski definition) is 2. The topological polar surface area (TPSA) is 74.6 Å². The van der Waals surface area contributed by atoms with E-state index >= 15 is 0 Å². The van der Waals surface area contributed by atoms with Gasteiger partial charge in [-0.15, -0.1) is 0 Å². The van der Waals surface area contributed by atoms with E-state index in [1.165, 1.54) is 22.6 Å². The van der Waals surface area contributed by atoms with Crippen LogP contribution in [0.2, 0.25) is 0 Å². The van der Waals surface area contributed by atoms with Crippen molar-refractivity contribution < 1.29 is 46.1 Å². The fourth-order valence-electron chi connectivity index (χ4n) is 2.22. The lowest BCUT2D eigenvalue weighted by atomic mass is 9.96. The van der Waals surface area contributed by atoms with Gasteiger partial charge >= 0.3 is 24.3 Å². The lowest BCUT2D eigenvalue weighted by Gasteiger charge is -2.15. The first-order valence-electron chi connectivity index (χ1n) is 6.82. The van der Waals surface area contributed by atoms with Crippen molar-refractivity contribution in [1.29, 1.82) is 0 Å². The van der Waals surface area contributed by atoms with Gasteiger partial charge in [0.2, 0.25) is 0 Å². The third-order valence-electron chi connectivity index (χ3n) is 3.45. The van der Waals surface area contributed by atoms with Crippen LogP contribution in [0.3, 0.4) is 0 Å². The highest BCUT2D eigenvalue weighted by Crippen LogP contribution is 2.39. The smallest absolute Gasteiger partial charge is 0.416 e. The van der Waals surface area contributed by atoms with Gasteiger partial charge < -0.3 is 10.2 Å². The predicted octanol–water partition coefficient (Wildman–Crippen LogP) is 5.39. The molecule has 144 valence electrons. The molecule has 0 aliphatic heterocycles. The zero-order valence-electron chi connectivity index (χ0n) is 12.7. The van der Waals surface area contributed by atoms with Gasteiger partial charge in [0, 0.05) is 3.57 Å². The number of carboxylic acid groups (broad SMARTS) is 2. The summed E-state index contributed by atoms with van der Waals surface area (Å²) in [6, 6.07) is 2.37. The maximum Gasteiger partial charge on any atom is 0.416 e. The zero-order valence-corrected chi connectivity index (χ0v) is 14.9. The summed E-state index contributed by atoms with van der Waals surface area (Å²) in [4.78, 5) is 22.5. The maximum absolute atomic E-state index is 13.0. The van der Waals surface area contributed by atoms with Gasteiger partial charge in [-0.25, -0.2) is 9.59 Å². The van der Waals surface area contributed by atoms with Crippen LogP contribution in [0.25, 0.3) is 11.1 Å². The lowest BCUT2D eigenvalue weighted by molar-refractivity contribution is -0.143. The van der Waals surface area contributed by atoms with E-state index in [0.29, 0.717) is 12.1 Å². The molecule has 0 bridgehead atoms. The SMILES string of the molecule is O=C(O)c1cc(-c2cc(C(F)(F)F)cc(C(F)(F)F)c2)cc(C(=O)O)c1I. The van der Waals surface area contributed by atoms with Crippen molar-refractivity contribution in [2.75, 3.05) is 0 Å². The van der Waals surface area contributed by atoms with Crippen molar-refractivity contribution >= 4 is 34.5 Å². The molecule has 0 unspecified atom stereocenters. The van der Waals surface area contributed by atoms with Gasteiger partial charge in [0.25, 0.3) is 0 Å². The normalized spacial score (nSPS) is 12.1. The average molecular weight is 504 g/mol. The van der Waals surface area contributed by atoms with Crippen LogP contribution in [0.1, 0.15) is 31.8 Å². The lowest BCUT2D eigenvalue weighted by Crippen LogP contribution is -2.12. The number of carbonyl (C=O) groups is 2. The number of benzene rings is 2. The molecule has 0 aromatic heterocycles. The summed E-state index contributed by atoms with van der Waals surface area (Å²) >= 11 is 1.42. The first-order chi connectivity index (χ1) is 12.2. The second-order valence-electron chi connectivity index (χ2n) is 5.29. The number of aromatic carboxylic acids is 2. The minimum absolute atomic E-state index is 0.0770. The molecule has 0 aliphatic carbocycles. The molecule has 0 amide bonds. The molecule has 2 aromatic carbocycles. The van der Waals surface area contributed by atoms with Crippen LogP contribution in [-0.2, 0) is 12.4 Å². The molecule has 0 spiro atoms. The van der Waals surface area contributed by atoms with Crippen LogP contribution in [0.4, 0.5) is 26.3 Å². The Bertz CT molecular complexity index is 866. The molecular formula is C16H7F6IO4. The molecule has 4 nitrogen and oxygen atoms in total. The van der Waals surface area contributed by atoms with Crippen LogP contribution in [0.15, 0.2) is 30.3 Å². The fraction of sp³-hybridized carbons (Fsp3) is 0.125. The van der Waals surface area contributed by atoms with Crippen LogP contribution in [0.5, 0.6) is 0 Å². The highest BCUT2D eigenvalue weighted by molar-refractivity contribution is 14.1. The molecule has 0 atom stereocenters. The minimum atomic E-state index is -5.09. The van der Waals surface area contributed by atoms with Gasteiger partial charge in [0.15, 0.2) is 0 Å². The van der Waals surface area contributed by atoms with E-state index < -0.39 is 57.7 Å². The Morgan fingerprint density at radius 2 is 1.04 bits per heavy atom. The summed E-state index contributed by atoms with van der Waals surface area (Å²) < 4.78 is 77.6. The number of hydrogen-bond acceptors (Lipinski definition) is 2. The number of rotatable bonds is 3. The Morgan fingerprint density at radius 1 is 0.704 bits per heavy atom. The summed E-state index contributed by atoms with van der Waals surface area (Å²) in [6.07, 6.45) is -10.2. The van der Waals surface area contributed by atoms with E-state index in [4.69, 9.17) is 10.2 Å². The molecule has 0 fully saturated rings. The Balaban J connectivity index is 2.85. The molecule has 0 saturated carbocycles. The molecular weight excluding hydrogens is 497 g/mol. The number of alkyl halides is 6. The van der Waals surface area contributed by atoms with Gasteiger partial charge in [-0.2, -0.15) is 26.3 Å². The van der Waals surface area contributed by atoms with Crippen LogP contribution < -0.4 is 0 Å². The Hall–Kier alpha value is -2.31.